The van der Waals surface area contributed by atoms with Crippen molar-refractivity contribution < 1.29 is 4.74 Å². The summed E-state index contributed by atoms with van der Waals surface area (Å²) in [7, 11) is 3.28. The standard InChI is InChI=1S/C16H16N2O2/c1-10-7-12(5-6-15(10)20-4)13-8-11(2)18(3)16(19)14(13)9-17/h5-8H,1-4H3. The molecular weight excluding hydrogens is 252 g/mol. The lowest BCUT2D eigenvalue weighted by molar-refractivity contribution is 0.412. The van der Waals surface area contributed by atoms with Gasteiger partial charge in [0.15, 0.2) is 0 Å². The van der Waals surface area contributed by atoms with Crippen LogP contribution in [-0.2, 0) is 7.05 Å². The van der Waals surface area contributed by atoms with E-state index in [0.717, 1.165) is 22.6 Å². The number of nitrogens with zero attached hydrogens (tertiary/aromatic N) is 2. The predicted octanol–water partition coefficient (Wildman–Crippen LogP) is 2.55. The van der Waals surface area contributed by atoms with Crippen LogP contribution in [0.5, 0.6) is 5.75 Å². The second-order valence-electron chi connectivity index (χ2n) is 4.73. The summed E-state index contributed by atoms with van der Waals surface area (Å²) in [5, 5.41) is 9.26. The number of rotatable bonds is 2. The number of ether oxygens (including phenoxy) is 1. The van der Waals surface area contributed by atoms with Crippen molar-refractivity contribution in [3.05, 3.63) is 51.4 Å². The van der Waals surface area contributed by atoms with Crippen LogP contribution in [0, 0.1) is 25.2 Å². The molecule has 102 valence electrons. The lowest BCUT2D eigenvalue weighted by atomic mass is 9.99. The molecule has 0 aliphatic heterocycles. The Labute approximate surface area is 117 Å². The van der Waals surface area contributed by atoms with Gasteiger partial charge in [0.25, 0.3) is 5.56 Å². The van der Waals surface area contributed by atoms with Gasteiger partial charge in [-0.1, -0.05) is 6.07 Å². The molecule has 0 saturated heterocycles. The number of hydrogen-bond acceptors (Lipinski definition) is 3. The van der Waals surface area contributed by atoms with E-state index >= 15 is 0 Å². The number of pyridine rings is 1. The molecule has 0 spiro atoms. The lowest BCUT2D eigenvalue weighted by Gasteiger charge is -2.11. The topological polar surface area (TPSA) is 55.0 Å². The van der Waals surface area contributed by atoms with E-state index in [2.05, 4.69) is 0 Å². The average Bonchev–Trinajstić information content (AvgIpc) is 2.44. The molecule has 20 heavy (non-hydrogen) atoms. The van der Waals surface area contributed by atoms with E-state index in [9.17, 15) is 10.1 Å². The summed E-state index contributed by atoms with van der Waals surface area (Å²) in [4.78, 5) is 12.1. The Morgan fingerprint density at radius 3 is 2.50 bits per heavy atom. The van der Waals surface area contributed by atoms with Gasteiger partial charge in [-0.2, -0.15) is 5.26 Å². The van der Waals surface area contributed by atoms with Crippen LogP contribution >= 0.6 is 0 Å². The third-order valence-electron chi connectivity index (χ3n) is 3.49. The molecule has 2 aromatic rings. The maximum Gasteiger partial charge on any atom is 0.269 e. The van der Waals surface area contributed by atoms with Crippen LogP contribution in [0.2, 0.25) is 0 Å². The van der Waals surface area contributed by atoms with Crippen molar-refractivity contribution >= 4 is 0 Å². The Hall–Kier alpha value is -2.54. The SMILES string of the molecule is COc1ccc(-c2cc(C)n(C)c(=O)c2C#N)cc1C. The van der Waals surface area contributed by atoms with Gasteiger partial charge in [0.05, 0.1) is 7.11 Å². The molecule has 4 heteroatoms. The minimum atomic E-state index is -0.268. The highest BCUT2D eigenvalue weighted by molar-refractivity contribution is 5.71. The molecule has 0 atom stereocenters. The van der Waals surface area contributed by atoms with Gasteiger partial charge in [-0.25, -0.2) is 0 Å². The molecule has 0 fully saturated rings. The van der Waals surface area contributed by atoms with Crippen molar-refractivity contribution in [2.75, 3.05) is 7.11 Å². The zero-order chi connectivity index (χ0) is 14.9. The van der Waals surface area contributed by atoms with Crippen LogP contribution in [0.3, 0.4) is 0 Å². The zero-order valence-corrected chi connectivity index (χ0v) is 12.0. The fourth-order valence-electron chi connectivity index (χ4n) is 2.20. The Bertz CT molecular complexity index is 767. The number of benzene rings is 1. The van der Waals surface area contributed by atoms with Gasteiger partial charge in [0.1, 0.15) is 17.4 Å². The monoisotopic (exact) mass is 268 g/mol. The summed E-state index contributed by atoms with van der Waals surface area (Å²) in [6.07, 6.45) is 0. The van der Waals surface area contributed by atoms with Crippen LogP contribution in [0.15, 0.2) is 29.1 Å². The number of nitriles is 1. The number of aromatic nitrogens is 1. The first-order valence-corrected chi connectivity index (χ1v) is 6.25. The first-order valence-electron chi connectivity index (χ1n) is 6.25. The Balaban J connectivity index is 2.74. The normalized spacial score (nSPS) is 10.2. The molecule has 0 radical (unpaired) electrons. The Morgan fingerprint density at radius 2 is 1.95 bits per heavy atom. The Kier molecular flexibility index (Phi) is 3.62. The quantitative estimate of drug-likeness (QED) is 0.841. The molecule has 0 bridgehead atoms. The van der Waals surface area contributed by atoms with Gasteiger partial charge >= 0.3 is 0 Å². The van der Waals surface area contributed by atoms with Gasteiger partial charge in [0.2, 0.25) is 0 Å². The summed E-state index contributed by atoms with van der Waals surface area (Å²) in [6, 6.07) is 9.51. The molecule has 0 saturated carbocycles. The highest BCUT2D eigenvalue weighted by Gasteiger charge is 2.13. The van der Waals surface area contributed by atoms with Gasteiger partial charge in [-0.15, -0.1) is 0 Å². The van der Waals surface area contributed by atoms with E-state index in [1.165, 1.54) is 4.57 Å². The molecule has 0 unspecified atom stereocenters. The van der Waals surface area contributed by atoms with E-state index in [-0.39, 0.29) is 11.1 Å². The highest BCUT2D eigenvalue weighted by Crippen LogP contribution is 2.27. The summed E-state index contributed by atoms with van der Waals surface area (Å²) >= 11 is 0. The van der Waals surface area contributed by atoms with Gasteiger partial charge < -0.3 is 9.30 Å². The maximum absolute atomic E-state index is 12.1. The van der Waals surface area contributed by atoms with Gasteiger partial charge in [0, 0.05) is 18.3 Å². The molecule has 1 heterocycles. The molecule has 0 aliphatic rings. The minimum absolute atomic E-state index is 0.169. The molecule has 0 N–H and O–H groups in total. The van der Waals surface area contributed by atoms with Gasteiger partial charge in [-0.05, 0) is 43.2 Å². The second-order valence-corrected chi connectivity index (χ2v) is 4.73. The van der Waals surface area contributed by atoms with Crippen LogP contribution < -0.4 is 10.3 Å². The molecule has 0 amide bonds. The summed E-state index contributed by atoms with van der Waals surface area (Å²) < 4.78 is 6.71. The first kappa shape index (κ1) is 13.9. The van der Waals surface area contributed by atoms with Crippen LogP contribution in [0.4, 0.5) is 0 Å². The molecule has 1 aromatic heterocycles. The number of methoxy groups -OCH3 is 1. The second kappa shape index (κ2) is 5.22. The molecule has 1 aromatic carbocycles. The molecule has 2 rings (SSSR count). The zero-order valence-electron chi connectivity index (χ0n) is 12.0. The van der Waals surface area contributed by atoms with E-state index in [1.807, 2.05) is 44.2 Å². The molecule has 0 aliphatic carbocycles. The van der Waals surface area contributed by atoms with E-state index in [1.54, 1.807) is 14.2 Å². The van der Waals surface area contributed by atoms with Crippen molar-refractivity contribution in [2.24, 2.45) is 7.05 Å². The third kappa shape index (κ3) is 2.19. The van der Waals surface area contributed by atoms with Crippen molar-refractivity contribution in [2.45, 2.75) is 13.8 Å². The molecule has 4 nitrogen and oxygen atoms in total. The van der Waals surface area contributed by atoms with Crippen molar-refractivity contribution in [1.29, 1.82) is 5.26 Å². The highest BCUT2D eigenvalue weighted by atomic mass is 16.5. The van der Waals surface area contributed by atoms with Crippen molar-refractivity contribution in [1.82, 2.24) is 4.57 Å². The first-order chi connectivity index (χ1) is 9.49. The third-order valence-corrected chi connectivity index (χ3v) is 3.49. The summed E-state index contributed by atoms with van der Waals surface area (Å²) in [5.74, 6) is 0.785. The van der Waals surface area contributed by atoms with E-state index in [0.29, 0.717) is 5.56 Å². The summed E-state index contributed by atoms with van der Waals surface area (Å²) in [6.45, 7) is 3.78. The van der Waals surface area contributed by atoms with Crippen LogP contribution in [-0.4, -0.2) is 11.7 Å². The largest absolute Gasteiger partial charge is 0.496 e. The van der Waals surface area contributed by atoms with E-state index in [4.69, 9.17) is 4.74 Å². The number of hydrogen-bond donors (Lipinski definition) is 0. The minimum Gasteiger partial charge on any atom is -0.496 e. The van der Waals surface area contributed by atoms with Crippen molar-refractivity contribution in [3.8, 4) is 22.9 Å². The van der Waals surface area contributed by atoms with Gasteiger partial charge in [-0.3, -0.25) is 4.79 Å². The fourth-order valence-corrected chi connectivity index (χ4v) is 2.20. The fraction of sp³-hybridized carbons (Fsp3) is 0.250. The van der Waals surface area contributed by atoms with Crippen LogP contribution in [0.25, 0.3) is 11.1 Å². The maximum atomic E-state index is 12.1. The number of aryl methyl sites for hydroxylation is 2. The smallest absolute Gasteiger partial charge is 0.269 e. The average molecular weight is 268 g/mol. The lowest BCUT2D eigenvalue weighted by Crippen LogP contribution is -2.22. The Morgan fingerprint density at radius 1 is 1.25 bits per heavy atom. The summed E-state index contributed by atoms with van der Waals surface area (Å²) in [5.41, 5.74) is 3.20. The molecular formula is C16H16N2O2. The van der Waals surface area contributed by atoms with E-state index < -0.39 is 0 Å². The van der Waals surface area contributed by atoms with Crippen molar-refractivity contribution in [3.63, 3.8) is 0 Å². The predicted molar refractivity (Wildman–Crippen MR) is 77.9 cm³/mol. The van der Waals surface area contributed by atoms with Crippen LogP contribution in [0.1, 0.15) is 16.8 Å².